The smallest absolute Gasteiger partial charge is 0.321 e. The zero-order valence-corrected chi connectivity index (χ0v) is 69.5. The first-order chi connectivity index (χ1) is 53.5. The number of fused-ring (bicyclic) bond motifs is 9. The van der Waals surface area contributed by atoms with E-state index in [1.165, 1.54) is 289 Å². The van der Waals surface area contributed by atoms with Gasteiger partial charge in [0.05, 0.1) is 39.6 Å². The predicted octanol–water partition coefficient (Wildman–Crippen LogP) is 27.1. The quantitative estimate of drug-likeness (QED) is 0.0197. The van der Waals surface area contributed by atoms with E-state index in [1.54, 1.807) is 0 Å². The zero-order valence-electron chi connectivity index (χ0n) is 69.5. The predicted molar refractivity (Wildman–Crippen MR) is 449 cm³/mol. The minimum Gasteiger partial charge on any atom is -0.476 e. The van der Waals surface area contributed by atoms with Crippen molar-refractivity contribution in [3.63, 3.8) is 0 Å². The van der Waals surface area contributed by atoms with Gasteiger partial charge >= 0.3 is 18.0 Å². The molecule has 0 aliphatic rings. The summed E-state index contributed by atoms with van der Waals surface area (Å²) in [7, 11) is 0. The molecule has 0 atom stereocenters. The lowest BCUT2D eigenvalue weighted by Crippen LogP contribution is -2.09. The highest BCUT2D eigenvalue weighted by Gasteiger charge is 2.26. The van der Waals surface area contributed by atoms with Crippen LogP contribution in [0.5, 0.6) is 35.7 Å². The van der Waals surface area contributed by atoms with Crippen LogP contribution in [-0.2, 0) is 0 Å². The summed E-state index contributed by atoms with van der Waals surface area (Å²) >= 11 is 0. The van der Waals surface area contributed by atoms with Crippen molar-refractivity contribution in [1.29, 1.82) is 0 Å². The largest absolute Gasteiger partial charge is 0.476 e. The summed E-state index contributed by atoms with van der Waals surface area (Å²) in [5.41, 5.74) is 4.50. The third-order valence-electron chi connectivity index (χ3n) is 21.5. The molecule has 0 amide bonds. The van der Waals surface area contributed by atoms with E-state index in [0.717, 1.165) is 96.3 Å². The van der Waals surface area contributed by atoms with Crippen LogP contribution in [0.25, 0.3) is 66.6 Å². The Bertz CT molecular complexity index is 3470. The average Bonchev–Trinajstić information content (AvgIpc) is 0.715. The van der Waals surface area contributed by atoms with Crippen molar-refractivity contribution < 1.29 is 28.4 Å². The fourth-order valence-electron chi connectivity index (χ4n) is 14.7. The van der Waals surface area contributed by atoms with Gasteiger partial charge in [-0.15, -0.1) is 0 Å². The second-order valence-electron chi connectivity index (χ2n) is 31.4. The van der Waals surface area contributed by atoms with Gasteiger partial charge in [0.15, 0.2) is 33.5 Å². The van der Waals surface area contributed by atoms with Gasteiger partial charge in [0.2, 0.25) is 17.6 Å². The van der Waals surface area contributed by atoms with Crippen molar-refractivity contribution in [3.05, 3.63) is 0 Å². The minimum absolute atomic E-state index is 0.200. The molecule has 7 aromatic rings. The van der Waals surface area contributed by atoms with Crippen molar-refractivity contribution in [2.24, 2.45) is 0 Å². The Labute approximate surface area is 653 Å². The molecule has 0 unspecified atom stereocenters. The average molecular weight is 1500 g/mol. The fraction of sp³-hybridized carbons (Fsp3) is 0.800. The maximum atomic E-state index is 6.73. The molecule has 0 aliphatic carbocycles. The molecule has 0 saturated carbocycles. The number of nitrogens with zero attached hydrogens (tertiary/aromatic N) is 12. The minimum atomic E-state index is 0.200. The van der Waals surface area contributed by atoms with Crippen LogP contribution in [0, 0.1) is 0 Å². The summed E-state index contributed by atoms with van der Waals surface area (Å²) in [5, 5.41) is 0. The van der Waals surface area contributed by atoms with Crippen molar-refractivity contribution in [3.8, 4) is 35.7 Å². The van der Waals surface area contributed by atoms with Crippen molar-refractivity contribution in [2.45, 2.75) is 427 Å². The molecule has 606 valence electrons. The number of ether oxygens (including phenoxy) is 6. The van der Waals surface area contributed by atoms with Gasteiger partial charge in [-0.3, -0.25) is 0 Å². The van der Waals surface area contributed by atoms with E-state index in [0.29, 0.717) is 124 Å². The normalized spacial score (nSPS) is 11.8. The Morgan fingerprint density at radius 3 is 0.463 bits per heavy atom. The van der Waals surface area contributed by atoms with Gasteiger partial charge < -0.3 is 28.4 Å². The molecule has 6 aromatic heterocycles. The highest BCUT2D eigenvalue weighted by atomic mass is 16.5. The number of hydrogen-bond acceptors (Lipinski definition) is 18. The molecule has 6 heterocycles. The summed E-state index contributed by atoms with van der Waals surface area (Å²) in [6.45, 7) is 16.4. The van der Waals surface area contributed by atoms with Gasteiger partial charge in [-0.2, -0.15) is 29.9 Å². The standard InChI is InChI=1S/C90H150N12O6/c1-7-13-19-25-31-37-43-49-55-61-67-103-85-79-82(97-88(100-85)106-70-64-58-52-46-40-34-28-22-16-10-4)94-76-73(91-79)74-77(95-83-80(92-74)86(104-68-62-56-50-44-38-32-26-20-14-8-2)101-89(98-83)107-71-65-59-53-47-41-35-29-23-17-11-5)78-75(76)93-81-84(96-78)99-90(108-72-66-60-54-48-42-36-30-24-18-12-6)102-87(81)105-69-63-57-51-45-39-33-27-21-15-9-3/h7-72H2,1-6H3. The van der Waals surface area contributed by atoms with E-state index in [1.807, 2.05) is 0 Å². The van der Waals surface area contributed by atoms with Gasteiger partial charge in [0.1, 0.15) is 33.1 Å². The number of aromatic nitrogens is 12. The molecule has 0 aliphatic heterocycles. The van der Waals surface area contributed by atoms with Gasteiger partial charge in [0, 0.05) is 0 Å². The Hall–Kier alpha value is -5.94. The Balaban J connectivity index is 1.30. The van der Waals surface area contributed by atoms with Crippen LogP contribution in [0.4, 0.5) is 0 Å². The van der Waals surface area contributed by atoms with Gasteiger partial charge in [-0.25, -0.2) is 29.9 Å². The fourth-order valence-corrected chi connectivity index (χ4v) is 14.7. The molecule has 0 saturated heterocycles. The highest BCUT2D eigenvalue weighted by molar-refractivity contribution is 6.21. The van der Waals surface area contributed by atoms with E-state index in [2.05, 4.69) is 41.5 Å². The first-order valence-electron chi connectivity index (χ1n) is 45.6. The van der Waals surface area contributed by atoms with Gasteiger partial charge in [-0.1, -0.05) is 388 Å². The van der Waals surface area contributed by atoms with E-state index in [9.17, 15) is 0 Å². The van der Waals surface area contributed by atoms with Crippen LogP contribution < -0.4 is 28.4 Å². The van der Waals surface area contributed by atoms with Crippen molar-refractivity contribution >= 4 is 66.6 Å². The van der Waals surface area contributed by atoms with Crippen LogP contribution in [0.3, 0.4) is 0 Å². The van der Waals surface area contributed by atoms with E-state index in [4.69, 9.17) is 88.2 Å². The summed E-state index contributed by atoms with van der Waals surface area (Å²) in [5.74, 6) is 0.928. The first-order valence-corrected chi connectivity index (χ1v) is 45.6. The number of hydrogen-bond donors (Lipinski definition) is 0. The van der Waals surface area contributed by atoms with E-state index >= 15 is 0 Å². The lowest BCUT2D eigenvalue weighted by Gasteiger charge is -2.14. The number of unbranched alkanes of at least 4 members (excludes halogenated alkanes) is 54. The van der Waals surface area contributed by atoms with E-state index < -0.39 is 0 Å². The molecule has 0 fully saturated rings. The van der Waals surface area contributed by atoms with Crippen LogP contribution in [-0.4, -0.2) is 99.4 Å². The molecule has 0 N–H and O–H groups in total. The molecule has 0 spiro atoms. The molecule has 18 heteroatoms. The van der Waals surface area contributed by atoms with Crippen LogP contribution in [0.2, 0.25) is 0 Å². The molecule has 0 radical (unpaired) electrons. The highest BCUT2D eigenvalue weighted by Crippen LogP contribution is 2.38. The lowest BCUT2D eigenvalue weighted by atomic mass is 10.1. The molecule has 1 aromatic carbocycles. The van der Waals surface area contributed by atoms with Gasteiger partial charge in [0.25, 0.3) is 0 Å². The Kier molecular flexibility index (Phi) is 48.0. The Morgan fingerprint density at radius 2 is 0.287 bits per heavy atom. The second kappa shape index (κ2) is 58.0. The number of benzene rings is 1. The molecule has 0 bridgehead atoms. The summed E-state index contributed by atoms with van der Waals surface area (Å²) in [6.07, 6.45) is 73.1. The van der Waals surface area contributed by atoms with E-state index in [-0.39, 0.29) is 18.0 Å². The zero-order chi connectivity index (χ0) is 75.8. The van der Waals surface area contributed by atoms with Gasteiger partial charge in [-0.05, 0) is 38.5 Å². The summed E-state index contributed by atoms with van der Waals surface area (Å²) in [6, 6.07) is 0.601. The summed E-state index contributed by atoms with van der Waals surface area (Å²) in [4.78, 5) is 62.8. The maximum absolute atomic E-state index is 6.73. The topological polar surface area (TPSA) is 210 Å². The summed E-state index contributed by atoms with van der Waals surface area (Å²) < 4.78 is 39.6. The first kappa shape index (κ1) is 89.3. The maximum Gasteiger partial charge on any atom is 0.321 e. The lowest BCUT2D eigenvalue weighted by molar-refractivity contribution is 0.263. The SMILES string of the molecule is CCCCCCCCCCCCOc1nc(OCCCCCCCCCCCC)c2nc3c(nc2n1)c1nc2nc(OCCCCCCCCCCCC)nc(OCCCCCCCCCCCC)c2nc1c1nc2c(OCCCCCCCCCCCC)nc(OCCCCCCCCCCCC)nc2nc31. The third kappa shape index (κ3) is 34.8. The number of rotatable bonds is 72. The Morgan fingerprint density at radius 1 is 0.139 bits per heavy atom. The second-order valence-corrected chi connectivity index (χ2v) is 31.4. The third-order valence-corrected chi connectivity index (χ3v) is 21.5. The molecular formula is C90H150N12O6. The molecule has 18 nitrogen and oxygen atoms in total. The monoisotopic (exact) mass is 1500 g/mol. The van der Waals surface area contributed by atoms with Crippen LogP contribution >= 0.6 is 0 Å². The van der Waals surface area contributed by atoms with Crippen LogP contribution in [0.1, 0.15) is 427 Å². The van der Waals surface area contributed by atoms with Crippen molar-refractivity contribution in [2.75, 3.05) is 39.6 Å². The van der Waals surface area contributed by atoms with Crippen LogP contribution in [0.15, 0.2) is 0 Å². The molecule has 108 heavy (non-hydrogen) atoms. The molecule has 7 rings (SSSR count). The molecular weight excluding hydrogens is 1350 g/mol. The van der Waals surface area contributed by atoms with Crippen molar-refractivity contribution in [1.82, 2.24) is 59.8 Å².